The second-order valence-corrected chi connectivity index (χ2v) is 11.9. The van der Waals surface area contributed by atoms with Gasteiger partial charge in [0.25, 0.3) is 0 Å². The van der Waals surface area contributed by atoms with Crippen LogP contribution in [-0.4, -0.2) is 17.5 Å². The molecule has 0 radical (unpaired) electrons. The fraction of sp³-hybridized carbons (Fsp3) is 0.889. The molecule has 0 aromatic carbocycles. The molecule has 0 bridgehead atoms. The summed E-state index contributed by atoms with van der Waals surface area (Å²) in [5.41, 5.74) is 1.51. The van der Waals surface area contributed by atoms with Gasteiger partial charge in [0, 0.05) is 0 Å². The van der Waals surface area contributed by atoms with E-state index < -0.39 is 0 Å². The topological polar surface area (TPSA) is 37.3 Å². The number of hydrogen-bond acceptors (Lipinski definition) is 2. The van der Waals surface area contributed by atoms with Gasteiger partial charge in [0.05, 0.1) is 11.5 Å². The first-order valence-corrected chi connectivity index (χ1v) is 12.7. The molecule has 0 spiro atoms. The van der Waals surface area contributed by atoms with Gasteiger partial charge in [-0.1, -0.05) is 58.6 Å². The van der Waals surface area contributed by atoms with Crippen LogP contribution in [0.15, 0.2) is 11.6 Å². The van der Waals surface area contributed by atoms with E-state index in [1.807, 2.05) is 0 Å². The third kappa shape index (κ3) is 3.56. The van der Waals surface area contributed by atoms with Crippen LogP contribution in [0.3, 0.4) is 0 Å². The SMILES string of the molecule is CC(C)CCC[C@H](C)[C@@H]1CC[C@@H]2[C@@H]3CC=C4C[C@H](O)CC[C@]4(C=O)[C@H]3CC[C@@]21C. The van der Waals surface area contributed by atoms with Gasteiger partial charge >= 0.3 is 0 Å². The van der Waals surface area contributed by atoms with Crippen LogP contribution in [-0.2, 0) is 4.79 Å². The molecule has 8 atom stereocenters. The lowest BCUT2D eigenvalue weighted by Gasteiger charge is -2.57. The van der Waals surface area contributed by atoms with Crippen LogP contribution < -0.4 is 0 Å². The molecule has 0 amide bonds. The average Bonchev–Trinajstić information content (AvgIpc) is 3.04. The highest BCUT2D eigenvalue weighted by molar-refractivity contribution is 5.67. The molecule has 0 unspecified atom stereocenters. The lowest BCUT2D eigenvalue weighted by atomic mass is 9.46. The second kappa shape index (κ2) is 8.13. The molecule has 164 valence electrons. The third-order valence-corrected chi connectivity index (χ3v) is 10.1. The Morgan fingerprint density at radius 3 is 2.62 bits per heavy atom. The first-order valence-electron chi connectivity index (χ1n) is 12.7. The highest BCUT2D eigenvalue weighted by Gasteiger charge is 2.60. The van der Waals surface area contributed by atoms with E-state index in [2.05, 4.69) is 33.8 Å². The highest BCUT2D eigenvalue weighted by atomic mass is 16.3. The maximum atomic E-state index is 12.5. The first kappa shape index (κ1) is 21.6. The summed E-state index contributed by atoms with van der Waals surface area (Å²) in [5, 5.41) is 10.2. The van der Waals surface area contributed by atoms with Crippen molar-refractivity contribution in [2.24, 2.45) is 46.3 Å². The summed E-state index contributed by atoms with van der Waals surface area (Å²) >= 11 is 0. The third-order valence-electron chi connectivity index (χ3n) is 10.1. The van der Waals surface area contributed by atoms with Crippen LogP contribution in [0.2, 0.25) is 0 Å². The number of allylic oxidation sites excluding steroid dienone is 1. The molecule has 0 heterocycles. The quantitative estimate of drug-likeness (QED) is 0.404. The minimum Gasteiger partial charge on any atom is -0.393 e. The standard InChI is InChI=1S/C27H44O2/c1-18(2)6-5-7-19(3)23-10-11-24-22-9-8-20-16-21(29)12-15-27(20,17-28)25(22)13-14-26(23,24)4/h8,17-19,21-25,29H,5-7,9-16H2,1-4H3/t19-,21+,22-,23-,24+,25-,26+,27+/m0/s1. The maximum absolute atomic E-state index is 12.5. The molecule has 4 aliphatic rings. The lowest BCUT2D eigenvalue weighted by Crippen LogP contribution is -2.52. The van der Waals surface area contributed by atoms with Gasteiger partial charge in [-0.15, -0.1) is 0 Å². The monoisotopic (exact) mass is 400 g/mol. The largest absolute Gasteiger partial charge is 0.393 e. The molecule has 2 heteroatoms. The number of hydrogen-bond donors (Lipinski definition) is 1. The van der Waals surface area contributed by atoms with Crippen LogP contribution in [0.4, 0.5) is 0 Å². The van der Waals surface area contributed by atoms with Gasteiger partial charge < -0.3 is 9.90 Å². The zero-order valence-electron chi connectivity index (χ0n) is 19.3. The van der Waals surface area contributed by atoms with E-state index in [-0.39, 0.29) is 11.5 Å². The molecule has 0 saturated heterocycles. The van der Waals surface area contributed by atoms with Crippen molar-refractivity contribution in [3.63, 3.8) is 0 Å². The fourth-order valence-corrected chi connectivity index (χ4v) is 8.59. The van der Waals surface area contributed by atoms with Crippen molar-refractivity contribution in [1.82, 2.24) is 0 Å². The van der Waals surface area contributed by atoms with Gasteiger partial charge in [-0.05, 0) is 92.3 Å². The molecule has 3 fully saturated rings. The summed E-state index contributed by atoms with van der Waals surface area (Å²) in [4.78, 5) is 12.5. The van der Waals surface area contributed by atoms with E-state index in [0.29, 0.717) is 17.3 Å². The zero-order chi connectivity index (χ0) is 20.8. The molecular formula is C27H44O2. The van der Waals surface area contributed by atoms with E-state index in [1.54, 1.807) is 0 Å². The Balaban J connectivity index is 1.52. The molecule has 4 rings (SSSR count). The predicted molar refractivity (Wildman–Crippen MR) is 119 cm³/mol. The lowest BCUT2D eigenvalue weighted by molar-refractivity contribution is -0.127. The van der Waals surface area contributed by atoms with Crippen LogP contribution in [0.5, 0.6) is 0 Å². The van der Waals surface area contributed by atoms with Crippen molar-refractivity contribution in [3.8, 4) is 0 Å². The summed E-state index contributed by atoms with van der Waals surface area (Å²) in [7, 11) is 0. The highest BCUT2D eigenvalue weighted by Crippen LogP contribution is 2.67. The van der Waals surface area contributed by atoms with E-state index in [9.17, 15) is 9.90 Å². The van der Waals surface area contributed by atoms with Crippen LogP contribution >= 0.6 is 0 Å². The van der Waals surface area contributed by atoms with Gasteiger partial charge in [-0.3, -0.25) is 0 Å². The summed E-state index contributed by atoms with van der Waals surface area (Å²) < 4.78 is 0. The van der Waals surface area contributed by atoms with Crippen molar-refractivity contribution < 1.29 is 9.90 Å². The van der Waals surface area contributed by atoms with Crippen molar-refractivity contribution >= 4 is 6.29 Å². The number of aliphatic hydroxyl groups is 1. The number of aldehydes is 1. The second-order valence-electron chi connectivity index (χ2n) is 11.9. The first-order chi connectivity index (χ1) is 13.8. The van der Waals surface area contributed by atoms with Crippen LogP contribution in [0.1, 0.15) is 98.3 Å². The number of aliphatic hydroxyl groups excluding tert-OH is 1. The predicted octanol–water partition coefficient (Wildman–Crippen LogP) is 6.57. The molecule has 3 saturated carbocycles. The minimum absolute atomic E-state index is 0.234. The molecule has 0 aromatic heterocycles. The van der Waals surface area contributed by atoms with Crippen molar-refractivity contribution in [3.05, 3.63) is 11.6 Å². The number of fused-ring (bicyclic) bond motifs is 5. The Kier molecular flexibility index (Phi) is 6.06. The van der Waals surface area contributed by atoms with E-state index in [4.69, 9.17) is 0 Å². The Labute approximate surface area is 178 Å². The summed E-state index contributed by atoms with van der Waals surface area (Å²) in [6.07, 6.45) is 16.5. The summed E-state index contributed by atoms with van der Waals surface area (Å²) in [5.74, 6) is 4.53. The molecule has 29 heavy (non-hydrogen) atoms. The molecule has 1 N–H and O–H groups in total. The van der Waals surface area contributed by atoms with Crippen molar-refractivity contribution in [2.75, 3.05) is 0 Å². The van der Waals surface area contributed by atoms with E-state index in [0.717, 1.165) is 49.4 Å². The summed E-state index contributed by atoms with van der Waals surface area (Å²) in [6.45, 7) is 9.83. The number of rotatable bonds is 6. The number of carbonyl (C=O) groups is 1. The number of carbonyl (C=O) groups excluding carboxylic acids is 1. The van der Waals surface area contributed by atoms with Crippen LogP contribution in [0, 0.1) is 46.3 Å². The van der Waals surface area contributed by atoms with Gasteiger partial charge in [-0.2, -0.15) is 0 Å². The molecule has 0 aromatic rings. The fourth-order valence-electron chi connectivity index (χ4n) is 8.59. The summed E-state index contributed by atoms with van der Waals surface area (Å²) in [6, 6.07) is 0. The van der Waals surface area contributed by atoms with Crippen molar-refractivity contribution in [1.29, 1.82) is 0 Å². The minimum atomic E-state index is -0.246. The van der Waals surface area contributed by atoms with Gasteiger partial charge in [-0.25, -0.2) is 0 Å². The van der Waals surface area contributed by atoms with Gasteiger partial charge in [0.2, 0.25) is 0 Å². The van der Waals surface area contributed by atoms with Gasteiger partial charge in [0.15, 0.2) is 0 Å². The van der Waals surface area contributed by atoms with E-state index >= 15 is 0 Å². The Bertz CT molecular complexity index is 636. The Morgan fingerprint density at radius 2 is 1.90 bits per heavy atom. The van der Waals surface area contributed by atoms with E-state index in [1.165, 1.54) is 56.8 Å². The van der Waals surface area contributed by atoms with Crippen LogP contribution in [0.25, 0.3) is 0 Å². The maximum Gasteiger partial charge on any atom is 0.130 e. The molecule has 0 aliphatic heterocycles. The molecule has 4 aliphatic carbocycles. The zero-order valence-corrected chi connectivity index (χ0v) is 19.3. The average molecular weight is 401 g/mol. The van der Waals surface area contributed by atoms with Crippen molar-refractivity contribution in [2.45, 2.75) is 104 Å². The molecule has 2 nitrogen and oxygen atoms in total. The van der Waals surface area contributed by atoms with Gasteiger partial charge in [0.1, 0.15) is 6.29 Å². The normalized spacial score (nSPS) is 45.2. The molecular weight excluding hydrogens is 356 g/mol. The smallest absolute Gasteiger partial charge is 0.130 e. The Hall–Kier alpha value is -0.630. The Morgan fingerprint density at radius 1 is 1.10 bits per heavy atom.